The third-order valence-electron chi connectivity index (χ3n) is 4.92. The van der Waals surface area contributed by atoms with Gasteiger partial charge in [-0.25, -0.2) is 14.1 Å². The highest BCUT2D eigenvalue weighted by Crippen LogP contribution is 2.27. The van der Waals surface area contributed by atoms with Crippen LogP contribution in [-0.2, 0) is 16.0 Å². The van der Waals surface area contributed by atoms with Gasteiger partial charge in [-0.2, -0.15) is 0 Å². The van der Waals surface area contributed by atoms with Gasteiger partial charge in [0.1, 0.15) is 11.4 Å². The molecule has 0 aromatic heterocycles. The first kappa shape index (κ1) is 21.9. The summed E-state index contributed by atoms with van der Waals surface area (Å²) in [6, 6.07) is 17.3. The number of carbonyl (C=O) groups excluding carboxylic acids is 3. The second-order valence-electron chi connectivity index (χ2n) is 7.03. The smallest absolute Gasteiger partial charge is 0.273 e. The molecular weight excluding hydrogens is 499 g/mol. The minimum Gasteiger partial charge on any atom is -0.273 e. The molecule has 0 atom stereocenters. The van der Waals surface area contributed by atoms with Crippen LogP contribution in [0.2, 0.25) is 5.02 Å². The van der Waals surface area contributed by atoms with E-state index in [1.54, 1.807) is 18.2 Å². The fraction of sp³-hybridized carbons (Fsp3) is 0.0417. The molecule has 3 aromatic carbocycles. The highest BCUT2D eigenvalue weighted by atomic mass is 79.9. The maximum absolute atomic E-state index is 14.2. The molecule has 1 aliphatic heterocycles. The molecule has 4 rings (SSSR count). The summed E-state index contributed by atoms with van der Waals surface area (Å²) in [5.41, 5.74) is 1.87. The van der Waals surface area contributed by atoms with E-state index in [2.05, 4.69) is 21.2 Å². The van der Waals surface area contributed by atoms with Gasteiger partial charge in [-0.1, -0.05) is 70.0 Å². The number of rotatable bonds is 4. The molecule has 8 heteroatoms. The Bertz CT molecular complexity index is 1290. The second kappa shape index (κ2) is 9.06. The summed E-state index contributed by atoms with van der Waals surface area (Å²) >= 11 is 9.96. The van der Waals surface area contributed by atoms with Crippen LogP contribution in [-0.4, -0.2) is 17.8 Å². The number of para-hydroxylation sites is 1. The number of benzene rings is 3. The minimum atomic E-state index is -1.01. The van der Waals surface area contributed by atoms with Gasteiger partial charge in [-0.05, 0) is 47.0 Å². The molecule has 1 heterocycles. The highest BCUT2D eigenvalue weighted by molar-refractivity contribution is 9.10. The summed E-state index contributed by atoms with van der Waals surface area (Å²) in [6.45, 7) is 0. The maximum atomic E-state index is 14.2. The number of barbiturate groups is 1. The van der Waals surface area contributed by atoms with Crippen LogP contribution < -0.4 is 10.2 Å². The molecule has 0 spiro atoms. The first-order valence-electron chi connectivity index (χ1n) is 9.53. The van der Waals surface area contributed by atoms with Crippen molar-refractivity contribution in [2.24, 2.45) is 0 Å². The first-order valence-corrected chi connectivity index (χ1v) is 10.7. The lowest BCUT2D eigenvalue weighted by atomic mass is 10.0. The number of amides is 4. The Balaban J connectivity index is 1.65. The normalized spacial score (nSPS) is 15.3. The molecule has 1 N–H and O–H groups in total. The summed E-state index contributed by atoms with van der Waals surface area (Å²) in [7, 11) is 0. The molecule has 1 aliphatic rings. The molecule has 1 fully saturated rings. The fourth-order valence-electron chi connectivity index (χ4n) is 3.32. The van der Waals surface area contributed by atoms with E-state index in [9.17, 15) is 18.8 Å². The van der Waals surface area contributed by atoms with Crippen LogP contribution in [0, 0.1) is 5.82 Å². The Morgan fingerprint density at radius 1 is 0.969 bits per heavy atom. The van der Waals surface area contributed by atoms with Gasteiger partial charge in [0.05, 0.1) is 5.69 Å². The standard InChI is InChI=1S/C24H15BrClFN2O3/c25-18-6-2-1-5-15(18)13-16-10-9-14(12-19(16)26)11-17-22(30)28-24(32)29(23(17)31)21-8-4-3-7-20(21)27/h1-12H,13H2,(H,28,30,32)/b17-11-. The van der Waals surface area contributed by atoms with Gasteiger partial charge in [-0.15, -0.1) is 0 Å². The summed E-state index contributed by atoms with van der Waals surface area (Å²) in [6.07, 6.45) is 1.91. The molecule has 0 saturated carbocycles. The molecule has 0 radical (unpaired) electrons. The lowest BCUT2D eigenvalue weighted by Crippen LogP contribution is -2.54. The van der Waals surface area contributed by atoms with Crippen molar-refractivity contribution in [1.82, 2.24) is 5.32 Å². The van der Waals surface area contributed by atoms with Crippen molar-refractivity contribution >= 4 is 57.1 Å². The number of halogens is 3. The molecular formula is C24H15BrClFN2O3. The van der Waals surface area contributed by atoms with Crippen LogP contribution in [0.1, 0.15) is 16.7 Å². The summed E-state index contributed by atoms with van der Waals surface area (Å²) in [4.78, 5) is 38.1. The lowest BCUT2D eigenvalue weighted by Gasteiger charge is -2.26. The van der Waals surface area contributed by atoms with Crippen molar-refractivity contribution in [2.75, 3.05) is 4.90 Å². The van der Waals surface area contributed by atoms with E-state index in [0.717, 1.165) is 21.7 Å². The van der Waals surface area contributed by atoms with Crippen LogP contribution in [0.15, 0.2) is 76.8 Å². The molecule has 5 nitrogen and oxygen atoms in total. The average molecular weight is 514 g/mol. The van der Waals surface area contributed by atoms with Crippen molar-refractivity contribution in [3.05, 3.63) is 104 Å². The Morgan fingerprint density at radius 3 is 2.41 bits per heavy atom. The molecule has 0 bridgehead atoms. The molecule has 1 saturated heterocycles. The zero-order valence-electron chi connectivity index (χ0n) is 16.4. The van der Waals surface area contributed by atoms with E-state index in [4.69, 9.17) is 11.6 Å². The third kappa shape index (κ3) is 4.35. The Labute approximate surface area is 196 Å². The van der Waals surface area contributed by atoms with E-state index in [-0.39, 0.29) is 11.3 Å². The SMILES string of the molecule is O=C1NC(=O)N(c2ccccc2F)C(=O)/C1=C\c1ccc(Cc2ccccc2Br)c(Cl)c1. The average Bonchev–Trinajstić information content (AvgIpc) is 2.75. The number of urea groups is 1. The number of imide groups is 2. The number of carbonyl (C=O) groups is 3. The summed E-state index contributed by atoms with van der Waals surface area (Å²) < 4.78 is 15.1. The van der Waals surface area contributed by atoms with Crippen molar-refractivity contribution in [1.29, 1.82) is 0 Å². The van der Waals surface area contributed by atoms with Gasteiger partial charge in [-0.3, -0.25) is 14.9 Å². The monoisotopic (exact) mass is 512 g/mol. The molecule has 0 aliphatic carbocycles. The zero-order chi connectivity index (χ0) is 22.8. The minimum absolute atomic E-state index is 0.241. The molecule has 4 amide bonds. The van der Waals surface area contributed by atoms with Gasteiger partial charge in [0.2, 0.25) is 0 Å². The van der Waals surface area contributed by atoms with Gasteiger partial charge >= 0.3 is 6.03 Å². The van der Waals surface area contributed by atoms with Crippen molar-refractivity contribution in [3.63, 3.8) is 0 Å². The van der Waals surface area contributed by atoms with Crippen LogP contribution in [0.25, 0.3) is 6.08 Å². The van der Waals surface area contributed by atoms with E-state index in [1.165, 1.54) is 24.3 Å². The van der Waals surface area contributed by atoms with Crippen LogP contribution in [0.5, 0.6) is 0 Å². The van der Waals surface area contributed by atoms with Gasteiger partial charge in [0.25, 0.3) is 11.8 Å². The number of hydrogen-bond donors (Lipinski definition) is 1. The summed E-state index contributed by atoms with van der Waals surface area (Å²) in [5.74, 6) is -2.54. The van der Waals surface area contributed by atoms with Crippen molar-refractivity contribution in [2.45, 2.75) is 6.42 Å². The quantitative estimate of drug-likeness (QED) is 0.370. The topological polar surface area (TPSA) is 66.5 Å². The van der Waals surface area contributed by atoms with E-state index < -0.39 is 23.7 Å². The molecule has 160 valence electrons. The van der Waals surface area contributed by atoms with E-state index in [1.807, 2.05) is 24.3 Å². The fourth-order valence-corrected chi connectivity index (χ4v) is 4.00. The van der Waals surface area contributed by atoms with Gasteiger partial charge in [0.15, 0.2) is 0 Å². The second-order valence-corrected chi connectivity index (χ2v) is 8.29. The largest absolute Gasteiger partial charge is 0.336 e. The molecule has 0 unspecified atom stereocenters. The Hall–Kier alpha value is -3.29. The number of nitrogens with zero attached hydrogens (tertiary/aromatic N) is 1. The van der Waals surface area contributed by atoms with Crippen LogP contribution in [0.4, 0.5) is 14.9 Å². The third-order valence-corrected chi connectivity index (χ3v) is 6.05. The van der Waals surface area contributed by atoms with E-state index in [0.29, 0.717) is 21.9 Å². The first-order chi connectivity index (χ1) is 15.3. The number of nitrogens with one attached hydrogen (secondary N) is 1. The predicted molar refractivity (Wildman–Crippen MR) is 124 cm³/mol. The van der Waals surface area contributed by atoms with Gasteiger partial charge < -0.3 is 0 Å². The summed E-state index contributed by atoms with van der Waals surface area (Å²) in [5, 5.41) is 2.53. The molecule has 3 aromatic rings. The lowest BCUT2D eigenvalue weighted by molar-refractivity contribution is -0.122. The van der Waals surface area contributed by atoms with Crippen LogP contribution >= 0.6 is 27.5 Å². The number of anilines is 1. The molecule has 32 heavy (non-hydrogen) atoms. The van der Waals surface area contributed by atoms with Crippen LogP contribution in [0.3, 0.4) is 0 Å². The van der Waals surface area contributed by atoms with Crippen molar-refractivity contribution < 1.29 is 18.8 Å². The van der Waals surface area contributed by atoms with Crippen molar-refractivity contribution in [3.8, 4) is 0 Å². The highest BCUT2D eigenvalue weighted by Gasteiger charge is 2.37. The van der Waals surface area contributed by atoms with Gasteiger partial charge in [0, 0.05) is 15.9 Å². The van der Waals surface area contributed by atoms with E-state index >= 15 is 0 Å². The predicted octanol–water partition coefficient (Wildman–Crippen LogP) is 5.50. The Kier molecular flexibility index (Phi) is 6.21. The maximum Gasteiger partial charge on any atom is 0.336 e. The number of hydrogen-bond acceptors (Lipinski definition) is 3. The zero-order valence-corrected chi connectivity index (χ0v) is 18.8. The Morgan fingerprint density at radius 2 is 1.69 bits per heavy atom.